The van der Waals surface area contributed by atoms with Gasteiger partial charge in [-0.2, -0.15) is 0 Å². The molecule has 0 aliphatic carbocycles. The molecule has 1 aromatic carbocycles. The number of ether oxygens (including phenoxy) is 2. The van der Waals surface area contributed by atoms with Gasteiger partial charge in [0.05, 0.1) is 13.2 Å². The Kier molecular flexibility index (Phi) is 6.39. The Hall–Kier alpha value is -1.35. The van der Waals surface area contributed by atoms with E-state index < -0.39 is 6.36 Å². The highest BCUT2D eigenvalue weighted by atomic mass is 19.4. The molecule has 0 unspecified atom stereocenters. The molecule has 26 heavy (non-hydrogen) atoms. The lowest BCUT2D eigenvalue weighted by Crippen LogP contribution is -2.41. The van der Waals surface area contributed by atoms with Crippen molar-refractivity contribution in [3.63, 3.8) is 0 Å². The molecular formula is C18H25F3N2O3. The van der Waals surface area contributed by atoms with E-state index in [2.05, 4.69) is 14.5 Å². The first-order valence-electron chi connectivity index (χ1n) is 8.91. The van der Waals surface area contributed by atoms with E-state index >= 15 is 0 Å². The van der Waals surface area contributed by atoms with E-state index in [4.69, 9.17) is 4.74 Å². The molecule has 2 fully saturated rings. The summed E-state index contributed by atoms with van der Waals surface area (Å²) in [4.78, 5) is 4.63. The molecule has 0 saturated carbocycles. The number of hydrogen-bond acceptors (Lipinski definition) is 5. The highest BCUT2D eigenvalue weighted by molar-refractivity contribution is 5.27. The van der Waals surface area contributed by atoms with Gasteiger partial charge in [-0.15, -0.1) is 13.2 Å². The Labute approximate surface area is 151 Å². The van der Waals surface area contributed by atoms with Crippen LogP contribution in [-0.4, -0.2) is 73.8 Å². The van der Waals surface area contributed by atoms with Crippen molar-refractivity contribution in [2.75, 3.05) is 52.5 Å². The predicted molar refractivity (Wildman–Crippen MR) is 89.7 cm³/mol. The Morgan fingerprint density at radius 3 is 2.31 bits per heavy atom. The number of aliphatic hydroxyl groups excluding tert-OH is 1. The predicted octanol–water partition coefficient (Wildman–Crippen LogP) is 1.96. The summed E-state index contributed by atoms with van der Waals surface area (Å²) in [7, 11) is 0. The number of rotatable bonds is 6. The van der Waals surface area contributed by atoms with Gasteiger partial charge in [0.2, 0.25) is 0 Å². The fourth-order valence-corrected chi connectivity index (χ4v) is 3.75. The van der Waals surface area contributed by atoms with Gasteiger partial charge < -0.3 is 14.6 Å². The molecule has 0 aromatic heterocycles. The summed E-state index contributed by atoms with van der Waals surface area (Å²) in [6.07, 6.45) is -4.67. The van der Waals surface area contributed by atoms with Gasteiger partial charge in [0.15, 0.2) is 0 Å². The maximum atomic E-state index is 12.2. The lowest BCUT2D eigenvalue weighted by molar-refractivity contribution is -0.274. The third-order valence-corrected chi connectivity index (χ3v) is 5.05. The molecule has 3 rings (SSSR count). The summed E-state index contributed by atoms with van der Waals surface area (Å²) in [5.74, 6) is 0.415. The van der Waals surface area contributed by atoms with Crippen LogP contribution in [-0.2, 0) is 11.3 Å². The van der Waals surface area contributed by atoms with Crippen molar-refractivity contribution in [3.8, 4) is 5.75 Å². The third-order valence-electron chi connectivity index (χ3n) is 5.05. The first-order chi connectivity index (χ1) is 12.4. The number of likely N-dealkylation sites (tertiary alicyclic amines) is 1. The monoisotopic (exact) mass is 374 g/mol. The van der Waals surface area contributed by atoms with Gasteiger partial charge in [0, 0.05) is 45.9 Å². The molecule has 2 atom stereocenters. The number of morpholine rings is 1. The number of alkyl halides is 3. The molecule has 0 spiro atoms. The molecule has 2 aliphatic heterocycles. The Balaban J connectivity index is 1.53. The van der Waals surface area contributed by atoms with Gasteiger partial charge >= 0.3 is 6.36 Å². The van der Waals surface area contributed by atoms with E-state index in [1.807, 2.05) is 0 Å². The molecule has 2 saturated heterocycles. The molecule has 8 heteroatoms. The molecule has 5 nitrogen and oxygen atoms in total. The Morgan fingerprint density at radius 1 is 1.04 bits per heavy atom. The number of hydrogen-bond donors (Lipinski definition) is 1. The average Bonchev–Trinajstić information content (AvgIpc) is 2.98. The van der Waals surface area contributed by atoms with Gasteiger partial charge in [-0.3, -0.25) is 9.80 Å². The van der Waals surface area contributed by atoms with Crippen LogP contribution in [0.1, 0.15) is 5.56 Å². The maximum absolute atomic E-state index is 12.2. The van der Waals surface area contributed by atoms with Crippen molar-refractivity contribution in [2.24, 2.45) is 11.8 Å². The summed E-state index contributed by atoms with van der Waals surface area (Å²) in [5, 5.41) is 9.70. The quantitative estimate of drug-likeness (QED) is 0.825. The molecule has 1 aromatic rings. The molecule has 2 aliphatic rings. The van der Waals surface area contributed by atoms with Crippen LogP contribution in [0, 0.1) is 11.8 Å². The summed E-state index contributed by atoms with van der Waals surface area (Å²) in [5.41, 5.74) is 0.934. The summed E-state index contributed by atoms with van der Waals surface area (Å²) >= 11 is 0. The van der Waals surface area contributed by atoms with Crippen molar-refractivity contribution < 1.29 is 27.8 Å². The zero-order valence-corrected chi connectivity index (χ0v) is 14.6. The minimum Gasteiger partial charge on any atom is -0.406 e. The van der Waals surface area contributed by atoms with E-state index in [-0.39, 0.29) is 18.3 Å². The van der Waals surface area contributed by atoms with Crippen molar-refractivity contribution in [2.45, 2.75) is 12.9 Å². The zero-order chi connectivity index (χ0) is 18.6. The van der Waals surface area contributed by atoms with Crippen LogP contribution >= 0.6 is 0 Å². The second-order valence-corrected chi connectivity index (χ2v) is 7.00. The van der Waals surface area contributed by atoms with Crippen molar-refractivity contribution in [3.05, 3.63) is 29.8 Å². The second kappa shape index (κ2) is 8.56. The number of nitrogens with zero attached hydrogens (tertiary/aromatic N) is 2. The smallest absolute Gasteiger partial charge is 0.406 e. The van der Waals surface area contributed by atoms with E-state index in [9.17, 15) is 18.3 Å². The second-order valence-electron chi connectivity index (χ2n) is 7.00. The van der Waals surface area contributed by atoms with Crippen LogP contribution in [0.2, 0.25) is 0 Å². The van der Waals surface area contributed by atoms with E-state index in [1.165, 1.54) is 12.1 Å². The lowest BCUT2D eigenvalue weighted by Gasteiger charge is -2.30. The van der Waals surface area contributed by atoms with Crippen LogP contribution < -0.4 is 4.74 Å². The molecule has 146 valence electrons. The van der Waals surface area contributed by atoms with Crippen LogP contribution in [0.3, 0.4) is 0 Å². The van der Waals surface area contributed by atoms with Gasteiger partial charge in [0.25, 0.3) is 0 Å². The average molecular weight is 374 g/mol. The zero-order valence-electron chi connectivity index (χ0n) is 14.6. The van der Waals surface area contributed by atoms with Crippen LogP contribution in [0.15, 0.2) is 24.3 Å². The Morgan fingerprint density at radius 2 is 1.69 bits per heavy atom. The van der Waals surface area contributed by atoms with Crippen LogP contribution in [0.4, 0.5) is 13.2 Å². The number of aliphatic hydroxyl groups is 1. The molecule has 0 bridgehead atoms. The summed E-state index contributed by atoms with van der Waals surface area (Å²) < 4.78 is 45.9. The first-order valence-corrected chi connectivity index (χ1v) is 8.91. The number of benzene rings is 1. The van der Waals surface area contributed by atoms with Gasteiger partial charge in [-0.1, -0.05) is 12.1 Å². The Bertz CT molecular complexity index is 562. The van der Waals surface area contributed by atoms with E-state index in [0.717, 1.165) is 51.5 Å². The normalized spacial score (nSPS) is 25.5. The minimum absolute atomic E-state index is 0.157. The van der Waals surface area contributed by atoms with Gasteiger partial charge in [-0.05, 0) is 29.5 Å². The maximum Gasteiger partial charge on any atom is 0.573 e. The van der Waals surface area contributed by atoms with E-state index in [0.29, 0.717) is 12.5 Å². The van der Waals surface area contributed by atoms with E-state index in [1.54, 1.807) is 12.1 Å². The molecule has 0 radical (unpaired) electrons. The lowest BCUT2D eigenvalue weighted by atomic mass is 9.96. The summed E-state index contributed by atoms with van der Waals surface area (Å²) in [6.45, 7) is 6.80. The molecule has 2 heterocycles. The third kappa shape index (κ3) is 5.57. The van der Waals surface area contributed by atoms with Crippen molar-refractivity contribution in [1.29, 1.82) is 0 Å². The standard InChI is InChI=1S/C18H25F3N2O3/c19-18(20,21)26-17-3-1-14(2-4-17)9-23-11-15(16(12-23)13-24)10-22-5-7-25-8-6-22/h1-4,15-16,24H,5-13H2/t15-,16-/m1/s1. The highest BCUT2D eigenvalue weighted by Crippen LogP contribution is 2.27. The first kappa shape index (κ1) is 19.4. The SMILES string of the molecule is OC[C@H]1CN(Cc2ccc(OC(F)(F)F)cc2)C[C@H]1CN1CCOCC1. The van der Waals surface area contributed by atoms with Crippen molar-refractivity contribution in [1.82, 2.24) is 9.80 Å². The molecule has 1 N–H and O–H groups in total. The topological polar surface area (TPSA) is 45.2 Å². The minimum atomic E-state index is -4.67. The van der Waals surface area contributed by atoms with Gasteiger partial charge in [0.1, 0.15) is 5.75 Å². The largest absolute Gasteiger partial charge is 0.573 e. The van der Waals surface area contributed by atoms with Crippen LogP contribution in [0.25, 0.3) is 0 Å². The highest BCUT2D eigenvalue weighted by Gasteiger charge is 2.34. The van der Waals surface area contributed by atoms with Gasteiger partial charge in [-0.25, -0.2) is 0 Å². The van der Waals surface area contributed by atoms with Crippen LogP contribution in [0.5, 0.6) is 5.75 Å². The fraction of sp³-hybridized carbons (Fsp3) is 0.667. The molecular weight excluding hydrogens is 349 g/mol. The summed E-state index contributed by atoms with van der Waals surface area (Å²) in [6, 6.07) is 6.00. The fourth-order valence-electron chi connectivity index (χ4n) is 3.75. The molecule has 0 amide bonds. The van der Waals surface area contributed by atoms with Crippen molar-refractivity contribution >= 4 is 0 Å². The number of halogens is 3.